The molecule has 0 bridgehead atoms. The van der Waals surface area contributed by atoms with Crippen molar-refractivity contribution < 1.29 is 20.1 Å². The number of carbonyl (C=O) groups excluding carboxylic acids is 1. The Hall–Kier alpha value is -0.710. The Kier molecular flexibility index (Phi) is 6.32. The lowest BCUT2D eigenvalue weighted by atomic mass is 9.40. The van der Waals surface area contributed by atoms with Crippen LogP contribution in [0.1, 0.15) is 107 Å². The SMILES string of the molecule is C[C@@H](CC[C@@H](O)C(C)(C)O)[C@@H]1CC[C@]2(C)C3=CC(=O)[C@H]4C(C)(C)[C@@H](O)CC[C@]4(C)[C@H]3CC[C@@]12C. The highest BCUT2D eigenvalue weighted by Gasteiger charge is 2.66. The van der Waals surface area contributed by atoms with Crippen LogP contribution in [0.4, 0.5) is 0 Å². The van der Waals surface area contributed by atoms with Crippen LogP contribution in [0.3, 0.4) is 0 Å². The maximum Gasteiger partial charge on any atom is 0.159 e. The van der Waals surface area contributed by atoms with Crippen molar-refractivity contribution in [2.24, 2.45) is 45.3 Å². The molecule has 0 radical (unpaired) electrons. The van der Waals surface area contributed by atoms with Crippen molar-refractivity contribution in [2.45, 2.75) is 125 Å². The van der Waals surface area contributed by atoms with Crippen LogP contribution in [-0.4, -0.2) is 38.9 Å². The van der Waals surface area contributed by atoms with E-state index in [1.807, 2.05) is 6.08 Å². The molecule has 9 atom stereocenters. The molecule has 3 N–H and O–H groups in total. The molecule has 3 saturated carbocycles. The molecule has 0 heterocycles. The van der Waals surface area contributed by atoms with Crippen LogP contribution >= 0.6 is 0 Å². The van der Waals surface area contributed by atoms with Crippen LogP contribution in [0.15, 0.2) is 11.6 Å². The van der Waals surface area contributed by atoms with Crippen LogP contribution in [0.5, 0.6) is 0 Å². The molecule has 0 aromatic carbocycles. The number of ketones is 1. The predicted octanol–water partition coefficient (Wildman–Crippen LogP) is 5.68. The first-order valence-corrected chi connectivity index (χ1v) is 13.8. The van der Waals surface area contributed by atoms with Gasteiger partial charge in [-0.2, -0.15) is 0 Å². The molecule has 194 valence electrons. The van der Waals surface area contributed by atoms with E-state index in [-0.39, 0.29) is 33.4 Å². The fourth-order valence-corrected chi connectivity index (χ4v) is 9.52. The number of aliphatic hydroxyl groups excluding tert-OH is 2. The van der Waals surface area contributed by atoms with Gasteiger partial charge < -0.3 is 15.3 Å². The van der Waals surface area contributed by atoms with Crippen LogP contribution in [-0.2, 0) is 4.79 Å². The largest absolute Gasteiger partial charge is 0.393 e. The van der Waals surface area contributed by atoms with Crippen molar-refractivity contribution in [2.75, 3.05) is 0 Å². The van der Waals surface area contributed by atoms with E-state index in [2.05, 4.69) is 41.5 Å². The van der Waals surface area contributed by atoms with Crippen LogP contribution < -0.4 is 0 Å². The molecule has 4 heteroatoms. The molecule has 4 nitrogen and oxygen atoms in total. The van der Waals surface area contributed by atoms with Gasteiger partial charge >= 0.3 is 0 Å². The summed E-state index contributed by atoms with van der Waals surface area (Å²) in [6, 6.07) is 0. The van der Waals surface area contributed by atoms with Crippen molar-refractivity contribution >= 4 is 5.78 Å². The smallest absolute Gasteiger partial charge is 0.159 e. The quantitative estimate of drug-likeness (QED) is 0.479. The Bertz CT molecular complexity index is 852. The summed E-state index contributed by atoms with van der Waals surface area (Å²) >= 11 is 0. The third-order valence-corrected chi connectivity index (χ3v) is 12.0. The summed E-state index contributed by atoms with van der Waals surface area (Å²) in [6.07, 6.45) is 8.75. The molecule has 0 aliphatic heterocycles. The van der Waals surface area contributed by atoms with Gasteiger partial charge in [-0.15, -0.1) is 0 Å². The highest BCUT2D eigenvalue weighted by atomic mass is 16.3. The van der Waals surface area contributed by atoms with Gasteiger partial charge in [0.15, 0.2) is 5.78 Å². The molecule has 34 heavy (non-hydrogen) atoms. The van der Waals surface area contributed by atoms with Crippen LogP contribution in [0.25, 0.3) is 0 Å². The number of rotatable bonds is 5. The van der Waals surface area contributed by atoms with Crippen molar-refractivity contribution in [3.05, 3.63) is 11.6 Å². The Morgan fingerprint density at radius 2 is 1.68 bits per heavy atom. The zero-order chi connectivity index (χ0) is 25.5. The lowest BCUT2D eigenvalue weighted by Crippen LogP contribution is -2.60. The number of aliphatic hydroxyl groups is 3. The van der Waals surface area contributed by atoms with Gasteiger partial charge in [0.05, 0.1) is 17.8 Å². The van der Waals surface area contributed by atoms with E-state index in [9.17, 15) is 20.1 Å². The lowest BCUT2D eigenvalue weighted by Gasteiger charge is -2.63. The maximum atomic E-state index is 13.7. The first-order valence-electron chi connectivity index (χ1n) is 13.8. The summed E-state index contributed by atoms with van der Waals surface area (Å²) in [5, 5.41) is 31.3. The van der Waals surface area contributed by atoms with Crippen molar-refractivity contribution in [3.63, 3.8) is 0 Å². The van der Waals surface area contributed by atoms with Gasteiger partial charge in [-0.25, -0.2) is 0 Å². The summed E-state index contributed by atoms with van der Waals surface area (Å²) in [7, 11) is 0. The lowest BCUT2D eigenvalue weighted by molar-refractivity contribution is -0.157. The minimum absolute atomic E-state index is 0.0214. The minimum Gasteiger partial charge on any atom is -0.393 e. The number of carbonyl (C=O) groups is 1. The van der Waals surface area contributed by atoms with Crippen molar-refractivity contribution in [1.82, 2.24) is 0 Å². The van der Waals surface area contributed by atoms with E-state index < -0.39 is 17.8 Å². The molecule has 3 fully saturated rings. The number of hydrogen-bond donors (Lipinski definition) is 3. The topological polar surface area (TPSA) is 77.8 Å². The van der Waals surface area contributed by atoms with Gasteiger partial charge in [-0.1, -0.05) is 47.1 Å². The van der Waals surface area contributed by atoms with Gasteiger partial charge in [0.25, 0.3) is 0 Å². The third kappa shape index (κ3) is 3.60. The molecular formula is C30H50O4. The summed E-state index contributed by atoms with van der Waals surface area (Å²) in [6.45, 7) is 17.1. The predicted molar refractivity (Wildman–Crippen MR) is 136 cm³/mol. The number of allylic oxidation sites excluding steroid dienone is 2. The fraction of sp³-hybridized carbons (Fsp3) is 0.900. The van der Waals surface area contributed by atoms with E-state index in [0.29, 0.717) is 24.2 Å². The highest BCUT2D eigenvalue weighted by molar-refractivity contribution is 5.95. The average Bonchev–Trinajstić information content (AvgIpc) is 3.00. The van der Waals surface area contributed by atoms with E-state index in [0.717, 1.165) is 38.5 Å². The van der Waals surface area contributed by atoms with E-state index in [1.165, 1.54) is 12.0 Å². The molecular weight excluding hydrogens is 424 g/mol. The molecule has 4 aliphatic carbocycles. The third-order valence-electron chi connectivity index (χ3n) is 12.0. The second-order valence-electron chi connectivity index (χ2n) is 14.5. The summed E-state index contributed by atoms with van der Waals surface area (Å²) in [4.78, 5) is 13.7. The van der Waals surface area contributed by atoms with Gasteiger partial charge in [-0.3, -0.25) is 4.79 Å². The summed E-state index contributed by atoms with van der Waals surface area (Å²) in [5.41, 5.74) is 0.0431. The molecule has 0 spiro atoms. The number of fused-ring (bicyclic) bond motifs is 5. The standard InChI is InChI=1S/C30H50O4/c1-18(9-10-24(33)27(4,5)34)19-11-15-30(8)21-17-22(31)25-26(2,3)23(32)13-14-28(25,6)20(21)12-16-29(19,30)7/h17-20,23-25,32-34H,9-16H2,1-8H3/t18-,19-,20-,23-,24+,25-,28+,29-,30+/m0/s1. The van der Waals surface area contributed by atoms with Crippen LogP contribution in [0, 0.1) is 45.3 Å². The monoisotopic (exact) mass is 474 g/mol. The Morgan fingerprint density at radius 3 is 2.29 bits per heavy atom. The van der Waals surface area contributed by atoms with Gasteiger partial charge in [0.1, 0.15) is 0 Å². The molecule has 4 aliphatic rings. The highest BCUT2D eigenvalue weighted by Crippen LogP contribution is 2.73. The molecule has 0 saturated heterocycles. The van der Waals surface area contributed by atoms with E-state index in [1.54, 1.807) is 13.8 Å². The van der Waals surface area contributed by atoms with E-state index in [4.69, 9.17) is 0 Å². The van der Waals surface area contributed by atoms with E-state index >= 15 is 0 Å². The Balaban J connectivity index is 1.63. The molecule has 4 rings (SSSR count). The van der Waals surface area contributed by atoms with Gasteiger partial charge in [-0.05, 0) is 105 Å². The zero-order valence-corrected chi connectivity index (χ0v) is 22.9. The molecule has 0 aromatic heterocycles. The Labute approximate surface area is 207 Å². The zero-order valence-electron chi connectivity index (χ0n) is 22.9. The maximum absolute atomic E-state index is 13.7. The molecule has 0 unspecified atom stereocenters. The fourth-order valence-electron chi connectivity index (χ4n) is 9.52. The average molecular weight is 475 g/mol. The first kappa shape index (κ1) is 26.4. The minimum atomic E-state index is -1.06. The molecule has 0 amide bonds. The second kappa shape index (κ2) is 8.15. The first-order chi connectivity index (χ1) is 15.5. The van der Waals surface area contributed by atoms with Crippen molar-refractivity contribution in [3.8, 4) is 0 Å². The van der Waals surface area contributed by atoms with Crippen molar-refractivity contribution in [1.29, 1.82) is 0 Å². The van der Waals surface area contributed by atoms with Crippen LogP contribution in [0.2, 0.25) is 0 Å². The normalized spacial score (nSPS) is 45.6. The number of hydrogen-bond acceptors (Lipinski definition) is 4. The Morgan fingerprint density at radius 1 is 1.03 bits per heavy atom. The van der Waals surface area contributed by atoms with Gasteiger partial charge in [0, 0.05) is 11.3 Å². The summed E-state index contributed by atoms with van der Waals surface area (Å²) < 4.78 is 0. The van der Waals surface area contributed by atoms with Gasteiger partial charge in [0.2, 0.25) is 0 Å². The molecule has 0 aromatic rings. The summed E-state index contributed by atoms with van der Waals surface area (Å²) in [5.74, 6) is 1.58. The second-order valence-corrected chi connectivity index (χ2v) is 14.5.